The van der Waals surface area contributed by atoms with E-state index >= 15 is 0 Å². The summed E-state index contributed by atoms with van der Waals surface area (Å²) in [6.45, 7) is 5.39. The lowest BCUT2D eigenvalue weighted by molar-refractivity contribution is 0.160. The standard InChI is InChI=1S/C15H16N6OS.C13H17F2NO/c1-10-13(11-8-17-20(9-11)23-2)19-21(14(10)18-15(16)22)12-6-4-3-5-7-12;1-17-7-6-16-5-4-11(9-16)10-2-3-12(14)13(15)8-10/h3-9H,1-2H3,(H3,16,18,22);2-3,8,11H,4-7,9H2,1H3. The van der Waals surface area contributed by atoms with E-state index in [1.807, 2.05) is 49.7 Å². The molecule has 0 bridgehead atoms. The summed E-state index contributed by atoms with van der Waals surface area (Å²) in [6, 6.07) is 13.1. The van der Waals surface area contributed by atoms with Crippen molar-refractivity contribution in [2.75, 3.05) is 44.9 Å². The molecule has 1 unspecified atom stereocenters. The molecule has 212 valence electrons. The van der Waals surface area contributed by atoms with Crippen molar-refractivity contribution in [3.63, 3.8) is 0 Å². The van der Waals surface area contributed by atoms with Crippen molar-refractivity contribution in [3.8, 4) is 16.9 Å². The van der Waals surface area contributed by atoms with Crippen LogP contribution in [0.5, 0.6) is 0 Å². The van der Waals surface area contributed by atoms with Gasteiger partial charge in [-0.2, -0.15) is 10.2 Å². The number of likely N-dealkylation sites (tertiary alicyclic amines) is 1. The molecule has 9 nitrogen and oxygen atoms in total. The number of nitrogens with one attached hydrogen (secondary N) is 1. The first-order chi connectivity index (χ1) is 19.3. The molecule has 40 heavy (non-hydrogen) atoms. The molecule has 2 aromatic carbocycles. The Hall–Kier alpha value is -3.74. The van der Waals surface area contributed by atoms with Gasteiger partial charge in [-0.25, -0.2) is 22.3 Å². The SMILES string of the molecule is COCCN1CCC(c2ccc(F)c(F)c2)C1.CSn1cc(-c2nn(-c3ccccc3)c(NC(N)=O)c2C)cn1. The molecule has 2 amide bonds. The van der Waals surface area contributed by atoms with E-state index in [-0.39, 0.29) is 0 Å². The van der Waals surface area contributed by atoms with Crippen LogP contribution in [0.1, 0.15) is 23.5 Å². The van der Waals surface area contributed by atoms with Gasteiger partial charge >= 0.3 is 6.03 Å². The molecular weight excluding hydrogens is 536 g/mol. The number of urea groups is 1. The fourth-order valence-corrected chi connectivity index (χ4v) is 4.97. The lowest BCUT2D eigenvalue weighted by atomic mass is 9.98. The molecule has 5 rings (SSSR count). The second-order valence-electron chi connectivity index (χ2n) is 9.33. The fraction of sp³-hybridized carbons (Fsp3) is 0.321. The van der Waals surface area contributed by atoms with Crippen molar-refractivity contribution in [2.45, 2.75) is 19.3 Å². The molecule has 4 aromatic rings. The van der Waals surface area contributed by atoms with Crippen LogP contribution in [0, 0.1) is 18.6 Å². The van der Waals surface area contributed by atoms with Crippen molar-refractivity contribution in [2.24, 2.45) is 5.73 Å². The first-order valence-corrected chi connectivity index (χ1v) is 14.0. The van der Waals surface area contributed by atoms with E-state index in [0.717, 1.165) is 54.1 Å². The number of amides is 2. The Morgan fingerprint density at radius 1 is 1.20 bits per heavy atom. The highest BCUT2D eigenvalue weighted by atomic mass is 32.2. The Labute approximate surface area is 236 Å². The molecule has 3 N–H and O–H groups in total. The van der Waals surface area contributed by atoms with E-state index < -0.39 is 17.7 Å². The Balaban J connectivity index is 0.000000194. The highest BCUT2D eigenvalue weighted by Crippen LogP contribution is 2.31. The largest absolute Gasteiger partial charge is 0.383 e. The number of para-hydroxylation sites is 1. The lowest BCUT2D eigenvalue weighted by Gasteiger charge is -2.15. The highest BCUT2D eigenvalue weighted by molar-refractivity contribution is 7.97. The first-order valence-electron chi connectivity index (χ1n) is 12.8. The molecule has 0 spiro atoms. The van der Waals surface area contributed by atoms with E-state index in [2.05, 4.69) is 20.4 Å². The van der Waals surface area contributed by atoms with Gasteiger partial charge in [0.05, 0.1) is 18.5 Å². The maximum Gasteiger partial charge on any atom is 0.317 e. The van der Waals surface area contributed by atoms with Crippen LogP contribution in [0.2, 0.25) is 0 Å². The van der Waals surface area contributed by atoms with Crippen LogP contribution in [-0.4, -0.2) is 69.5 Å². The van der Waals surface area contributed by atoms with Gasteiger partial charge in [-0.05, 0) is 67.6 Å². The molecule has 1 saturated heterocycles. The summed E-state index contributed by atoms with van der Waals surface area (Å²) in [4.78, 5) is 13.6. The van der Waals surface area contributed by atoms with Gasteiger partial charge in [0.25, 0.3) is 0 Å². The number of carbonyl (C=O) groups excluding carboxylic acids is 1. The Morgan fingerprint density at radius 2 is 1.98 bits per heavy atom. The number of methoxy groups -OCH3 is 1. The van der Waals surface area contributed by atoms with Gasteiger partial charge in [-0.1, -0.05) is 24.3 Å². The maximum absolute atomic E-state index is 13.1. The summed E-state index contributed by atoms with van der Waals surface area (Å²) in [5, 5.41) is 11.5. The van der Waals surface area contributed by atoms with E-state index in [4.69, 9.17) is 10.5 Å². The van der Waals surface area contributed by atoms with Gasteiger partial charge in [0.2, 0.25) is 0 Å². The Bertz CT molecular complexity index is 1430. The molecule has 0 aliphatic carbocycles. The predicted molar refractivity (Wildman–Crippen MR) is 154 cm³/mol. The van der Waals surface area contributed by atoms with Crippen LogP contribution >= 0.6 is 11.9 Å². The van der Waals surface area contributed by atoms with Crippen LogP contribution in [-0.2, 0) is 4.74 Å². The Morgan fingerprint density at radius 3 is 2.62 bits per heavy atom. The number of carbonyl (C=O) groups is 1. The number of nitrogens with zero attached hydrogens (tertiary/aromatic N) is 5. The number of ether oxygens (including phenoxy) is 1. The van der Waals surface area contributed by atoms with Gasteiger partial charge in [-0.15, -0.1) is 0 Å². The third-order valence-corrected chi connectivity index (χ3v) is 7.26. The minimum Gasteiger partial charge on any atom is -0.383 e. The van der Waals surface area contributed by atoms with E-state index in [9.17, 15) is 13.6 Å². The maximum atomic E-state index is 13.1. The van der Waals surface area contributed by atoms with Gasteiger partial charge in [0.1, 0.15) is 11.5 Å². The van der Waals surface area contributed by atoms with Gasteiger partial charge in [0, 0.05) is 43.8 Å². The van der Waals surface area contributed by atoms with E-state index in [1.54, 1.807) is 28.1 Å². The van der Waals surface area contributed by atoms with Crippen molar-refractivity contribution < 1.29 is 18.3 Å². The fourth-order valence-electron chi connectivity index (χ4n) is 4.61. The van der Waals surface area contributed by atoms with Crippen LogP contribution in [0.3, 0.4) is 0 Å². The van der Waals surface area contributed by atoms with Gasteiger partial charge in [0.15, 0.2) is 11.6 Å². The second kappa shape index (κ2) is 13.6. The summed E-state index contributed by atoms with van der Waals surface area (Å²) < 4.78 is 34.4. The van der Waals surface area contributed by atoms with Crippen LogP contribution in [0.25, 0.3) is 16.9 Å². The second-order valence-corrected chi connectivity index (χ2v) is 10.1. The molecule has 0 saturated carbocycles. The zero-order chi connectivity index (χ0) is 28.6. The van der Waals surface area contributed by atoms with Crippen molar-refractivity contribution in [3.05, 3.63) is 83.7 Å². The molecule has 1 atom stereocenters. The quantitative estimate of drug-likeness (QED) is 0.308. The normalized spacial score (nSPS) is 15.1. The highest BCUT2D eigenvalue weighted by Gasteiger charge is 2.24. The molecule has 12 heteroatoms. The number of anilines is 1. The van der Waals surface area contributed by atoms with Gasteiger partial charge < -0.3 is 15.4 Å². The monoisotopic (exact) mass is 569 g/mol. The lowest BCUT2D eigenvalue weighted by Crippen LogP contribution is -2.24. The Kier molecular flexibility index (Phi) is 9.91. The van der Waals surface area contributed by atoms with Crippen LogP contribution < -0.4 is 11.1 Å². The summed E-state index contributed by atoms with van der Waals surface area (Å²) in [5.41, 5.74) is 9.48. The number of primary amides is 1. The summed E-state index contributed by atoms with van der Waals surface area (Å²) >= 11 is 1.49. The average Bonchev–Trinajstić information content (AvgIpc) is 3.69. The average molecular weight is 570 g/mol. The summed E-state index contributed by atoms with van der Waals surface area (Å²) in [7, 11) is 1.68. The zero-order valence-electron chi connectivity index (χ0n) is 22.7. The van der Waals surface area contributed by atoms with Gasteiger partial charge in [-0.3, -0.25) is 5.32 Å². The number of aromatic nitrogens is 4. The number of rotatable bonds is 8. The summed E-state index contributed by atoms with van der Waals surface area (Å²) in [6.07, 6.45) is 6.57. The number of halogens is 2. The number of hydrogen-bond acceptors (Lipinski definition) is 6. The molecule has 2 aromatic heterocycles. The van der Waals surface area contributed by atoms with Crippen molar-refractivity contribution in [1.29, 1.82) is 0 Å². The number of benzene rings is 2. The van der Waals surface area contributed by atoms with E-state index in [0.29, 0.717) is 18.3 Å². The van der Waals surface area contributed by atoms with Crippen molar-refractivity contribution >= 4 is 23.8 Å². The minimum absolute atomic E-state index is 0.307. The first kappa shape index (κ1) is 29.2. The van der Waals surface area contributed by atoms with Crippen LogP contribution in [0.15, 0.2) is 60.9 Å². The molecule has 1 fully saturated rings. The topological polar surface area (TPSA) is 103 Å². The molecule has 3 heterocycles. The molecule has 0 radical (unpaired) electrons. The van der Waals surface area contributed by atoms with Crippen molar-refractivity contribution in [1.82, 2.24) is 23.9 Å². The third-order valence-electron chi connectivity index (χ3n) is 6.68. The zero-order valence-corrected chi connectivity index (χ0v) is 23.5. The number of nitrogens with two attached hydrogens (primary N) is 1. The van der Waals surface area contributed by atoms with Crippen LogP contribution in [0.4, 0.5) is 19.4 Å². The molecule has 1 aliphatic heterocycles. The molecular formula is C28H33F2N7O2S. The number of hydrogen-bond donors (Lipinski definition) is 2. The smallest absolute Gasteiger partial charge is 0.317 e. The van der Waals surface area contributed by atoms with E-state index in [1.165, 1.54) is 24.1 Å². The third kappa shape index (κ3) is 7.06. The summed E-state index contributed by atoms with van der Waals surface area (Å²) in [5.74, 6) is -0.668. The molecule has 1 aliphatic rings. The minimum atomic E-state index is -0.775. The predicted octanol–water partition coefficient (Wildman–Crippen LogP) is 5.06.